The Morgan fingerprint density at radius 3 is 2.77 bits per heavy atom. The van der Waals surface area contributed by atoms with Crippen molar-refractivity contribution in [1.29, 1.82) is 0 Å². The summed E-state index contributed by atoms with van der Waals surface area (Å²) in [7, 11) is 0. The molecule has 1 aromatic heterocycles. The van der Waals surface area contributed by atoms with E-state index in [0.29, 0.717) is 13.0 Å². The molecule has 2 aliphatic heterocycles. The van der Waals surface area contributed by atoms with Gasteiger partial charge in [-0.25, -0.2) is 4.79 Å². The van der Waals surface area contributed by atoms with Crippen molar-refractivity contribution in [3.63, 3.8) is 0 Å². The first-order valence-corrected chi connectivity index (χ1v) is 11.6. The standard InChI is InChI=1S/C23H29N5O7/c24-27-25-11-10-23(15-34-18-8-4-5-13-32-18)20(33-14-16-6-2-1-3-7-16)19(30)21(35-23)28-12-9-17(29)26-22(28)31/h1-3,6-7,9,12,18-21,30H,4-5,8,10-11,13-15H2,(H,26,29,31)/t18?,19?,20?,21-,23-/m1/s1. The maximum atomic E-state index is 12.5. The van der Waals surface area contributed by atoms with Crippen LogP contribution in [-0.4, -0.2) is 58.5 Å². The van der Waals surface area contributed by atoms with E-state index in [9.17, 15) is 14.7 Å². The second-order valence-corrected chi connectivity index (χ2v) is 8.61. The molecule has 2 saturated heterocycles. The van der Waals surface area contributed by atoms with Gasteiger partial charge in [0, 0.05) is 30.3 Å². The van der Waals surface area contributed by atoms with Gasteiger partial charge in [-0.15, -0.1) is 0 Å². The van der Waals surface area contributed by atoms with Gasteiger partial charge in [0.1, 0.15) is 17.8 Å². The van der Waals surface area contributed by atoms with Gasteiger partial charge < -0.3 is 24.1 Å². The Morgan fingerprint density at radius 2 is 2.06 bits per heavy atom. The van der Waals surface area contributed by atoms with Crippen LogP contribution in [-0.2, 0) is 25.6 Å². The van der Waals surface area contributed by atoms with Gasteiger partial charge >= 0.3 is 5.69 Å². The van der Waals surface area contributed by atoms with Crippen molar-refractivity contribution in [1.82, 2.24) is 9.55 Å². The van der Waals surface area contributed by atoms with Crippen molar-refractivity contribution in [3.05, 3.63) is 79.4 Å². The topological polar surface area (TPSA) is 161 Å². The number of aromatic amines is 1. The molecule has 0 saturated carbocycles. The molecule has 2 fully saturated rings. The lowest BCUT2D eigenvalue weighted by atomic mass is 9.92. The Morgan fingerprint density at radius 1 is 1.23 bits per heavy atom. The molecule has 12 heteroatoms. The van der Waals surface area contributed by atoms with Crippen molar-refractivity contribution >= 4 is 0 Å². The van der Waals surface area contributed by atoms with Crippen molar-refractivity contribution < 1.29 is 24.1 Å². The number of benzene rings is 1. The van der Waals surface area contributed by atoms with Crippen molar-refractivity contribution in [2.45, 2.75) is 62.6 Å². The highest BCUT2D eigenvalue weighted by Gasteiger charge is 2.56. The molecule has 2 N–H and O–H groups in total. The Kier molecular flexibility index (Phi) is 8.34. The Hall–Kier alpha value is -2.99. The van der Waals surface area contributed by atoms with Gasteiger partial charge in [-0.05, 0) is 36.8 Å². The number of hydrogen-bond donors (Lipinski definition) is 2. The monoisotopic (exact) mass is 487 g/mol. The summed E-state index contributed by atoms with van der Waals surface area (Å²) in [6, 6.07) is 10.6. The van der Waals surface area contributed by atoms with Crippen LogP contribution in [0, 0.1) is 0 Å². The molecule has 1 aromatic carbocycles. The highest BCUT2D eigenvalue weighted by Crippen LogP contribution is 2.42. The first-order chi connectivity index (χ1) is 17.0. The molecule has 4 rings (SSSR count). The number of aliphatic hydroxyl groups is 1. The van der Waals surface area contributed by atoms with Crippen LogP contribution in [0.5, 0.6) is 0 Å². The molecule has 0 radical (unpaired) electrons. The zero-order valence-electron chi connectivity index (χ0n) is 19.2. The van der Waals surface area contributed by atoms with Crippen LogP contribution in [0.3, 0.4) is 0 Å². The van der Waals surface area contributed by atoms with E-state index in [4.69, 9.17) is 24.5 Å². The fourth-order valence-electron chi connectivity index (χ4n) is 4.45. The Labute approximate surface area is 201 Å². The number of aliphatic hydroxyl groups excluding tert-OH is 1. The highest BCUT2D eigenvalue weighted by molar-refractivity contribution is 5.14. The molecular formula is C23H29N5O7. The van der Waals surface area contributed by atoms with E-state index in [1.807, 2.05) is 30.3 Å². The number of hydrogen-bond acceptors (Lipinski definition) is 8. The van der Waals surface area contributed by atoms with Crippen LogP contribution >= 0.6 is 0 Å². The fraction of sp³-hybridized carbons (Fsp3) is 0.565. The van der Waals surface area contributed by atoms with Crippen molar-refractivity contribution in [2.24, 2.45) is 5.11 Å². The lowest BCUT2D eigenvalue weighted by Crippen LogP contribution is -2.50. The average molecular weight is 488 g/mol. The van der Waals surface area contributed by atoms with E-state index < -0.39 is 41.6 Å². The number of ether oxygens (including phenoxy) is 4. The number of azide groups is 1. The van der Waals surface area contributed by atoms with E-state index >= 15 is 0 Å². The minimum absolute atomic E-state index is 0.0241. The summed E-state index contributed by atoms with van der Waals surface area (Å²) in [6.45, 7) is 0.784. The van der Waals surface area contributed by atoms with Gasteiger partial charge in [-0.3, -0.25) is 14.3 Å². The second kappa shape index (κ2) is 11.6. The number of rotatable bonds is 10. The third-order valence-corrected chi connectivity index (χ3v) is 6.22. The van der Waals surface area contributed by atoms with Gasteiger partial charge in [0.15, 0.2) is 12.5 Å². The van der Waals surface area contributed by atoms with Crippen LogP contribution in [0.15, 0.2) is 57.3 Å². The maximum absolute atomic E-state index is 12.5. The van der Waals surface area contributed by atoms with E-state index in [1.165, 1.54) is 12.3 Å². The largest absolute Gasteiger partial charge is 0.386 e. The van der Waals surface area contributed by atoms with E-state index in [2.05, 4.69) is 15.0 Å². The van der Waals surface area contributed by atoms with Gasteiger partial charge in [0.05, 0.1) is 13.2 Å². The SMILES string of the molecule is [N-]=[N+]=NCC[C@]1(COC2CCCCO2)O[C@@H](n2ccc(=O)[nH]c2=O)C(O)C1OCc1ccccc1. The lowest BCUT2D eigenvalue weighted by molar-refractivity contribution is -0.219. The first-order valence-electron chi connectivity index (χ1n) is 11.6. The third kappa shape index (κ3) is 5.99. The molecule has 0 bridgehead atoms. The van der Waals surface area contributed by atoms with E-state index in [0.717, 1.165) is 23.0 Å². The minimum atomic E-state index is -1.29. The summed E-state index contributed by atoms with van der Waals surface area (Å²) in [6.07, 6.45) is 0.223. The quantitative estimate of drug-likeness (QED) is 0.294. The molecule has 2 aliphatic rings. The fourth-order valence-corrected chi connectivity index (χ4v) is 4.45. The molecule has 35 heavy (non-hydrogen) atoms. The summed E-state index contributed by atoms with van der Waals surface area (Å²) >= 11 is 0. The predicted octanol–water partition coefficient (Wildman–Crippen LogP) is 1.99. The number of H-pyrrole nitrogens is 1. The Bertz CT molecular complexity index is 1130. The molecule has 2 aromatic rings. The molecule has 0 aliphatic carbocycles. The summed E-state index contributed by atoms with van der Waals surface area (Å²) in [5.74, 6) is 0. The van der Waals surface area contributed by atoms with E-state index in [-0.39, 0.29) is 26.2 Å². The van der Waals surface area contributed by atoms with E-state index in [1.54, 1.807) is 0 Å². The van der Waals surface area contributed by atoms with Gasteiger partial charge in [-0.2, -0.15) is 0 Å². The van der Waals surface area contributed by atoms with Crippen molar-refractivity contribution in [2.75, 3.05) is 19.8 Å². The summed E-state index contributed by atoms with van der Waals surface area (Å²) in [5, 5.41) is 15.0. The molecule has 12 nitrogen and oxygen atoms in total. The summed E-state index contributed by atoms with van der Waals surface area (Å²) in [5.41, 5.74) is 7.15. The number of aromatic nitrogens is 2. The molecule has 0 amide bonds. The van der Waals surface area contributed by atoms with Gasteiger partial charge in [0.2, 0.25) is 0 Å². The molecule has 5 atom stereocenters. The van der Waals surface area contributed by atoms with Gasteiger partial charge in [-0.1, -0.05) is 35.4 Å². The van der Waals surface area contributed by atoms with Gasteiger partial charge in [0.25, 0.3) is 5.56 Å². The smallest absolute Gasteiger partial charge is 0.330 e. The first kappa shape index (κ1) is 25.1. The maximum Gasteiger partial charge on any atom is 0.330 e. The van der Waals surface area contributed by atoms with Crippen LogP contribution in [0.1, 0.15) is 37.5 Å². The summed E-state index contributed by atoms with van der Waals surface area (Å²) < 4.78 is 25.3. The molecule has 188 valence electrons. The molecule has 3 heterocycles. The highest BCUT2D eigenvalue weighted by atomic mass is 16.7. The predicted molar refractivity (Wildman–Crippen MR) is 123 cm³/mol. The normalized spacial score (nSPS) is 28.5. The molecule has 3 unspecified atom stereocenters. The van der Waals surface area contributed by atoms with Crippen molar-refractivity contribution in [3.8, 4) is 0 Å². The number of nitrogens with one attached hydrogen (secondary N) is 1. The average Bonchev–Trinajstić information content (AvgIpc) is 3.14. The van der Waals surface area contributed by atoms with Crippen LogP contribution in [0.25, 0.3) is 10.4 Å². The third-order valence-electron chi connectivity index (χ3n) is 6.22. The Balaban J connectivity index is 1.65. The molecule has 0 spiro atoms. The summed E-state index contributed by atoms with van der Waals surface area (Å²) in [4.78, 5) is 29.1. The lowest BCUT2D eigenvalue weighted by Gasteiger charge is -2.36. The van der Waals surface area contributed by atoms with Crippen LogP contribution in [0.4, 0.5) is 0 Å². The molecular weight excluding hydrogens is 458 g/mol. The number of nitrogens with zero attached hydrogens (tertiary/aromatic N) is 4. The van der Waals surface area contributed by atoms with Crippen LogP contribution in [0.2, 0.25) is 0 Å². The minimum Gasteiger partial charge on any atom is -0.386 e. The second-order valence-electron chi connectivity index (χ2n) is 8.61. The van der Waals surface area contributed by atoms with Crippen LogP contribution < -0.4 is 11.2 Å². The zero-order chi connectivity index (χ0) is 24.7. The zero-order valence-corrected chi connectivity index (χ0v) is 19.2.